The van der Waals surface area contributed by atoms with Gasteiger partial charge in [-0.15, -0.1) is 0 Å². The highest BCUT2D eigenvalue weighted by Crippen LogP contribution is 2.42. The van der Waals surface area contributed by atoms with Gasteiger partial charge < -0.3 is 4.90 Å². The van der Waals surface area contributed by atoms with E-state index in [1.165, 1.54) is 16.1 Å². The molecule has 3 rings (SSSR count). The molecule has 24 heavy (non-hydrogen) atoms. The number of amides is 1. The summed E-state index contributed by atoms with van der Waals surface area (Å²) in [7, 11) is -3.17. The minimum absolute atomic E-state index is 0.208. The van der Waals surface area contributed by atoms with Crippen LogP contribution in [-0.2, 0) is 21.4 Å². The van der Waals surface area contributed by atoms with E-state index in [1.54, 1.807) is 0 Å². The molecule has 2 heterocycles. The molecule has 132 valence electrons. The van der Waals surface area contributed by atoms with Crippen LogP contribution in [0.25, 0.3) is 0 Å². The standard InChI is InChI=1S/C18H26N2O3S/c1-15-5-3-6-16(13-15)14-19-11-8-18(17(19)21)7-4-10-20(12-9-18)24(2,22)23/h3,5-6,13H,4,7-12,14H2,1-2H3/t18-/m1/s1. The molecule has 2 fully saturated rings. The predicted molar refractivity (Wildman–Crippen MR) is 93.9 cm³/mol. The molecular formula is C18H26N2O3S. The molecule has 0 unspecified atom stereocenters. The first-order valence-corrected chi connectivity index (χ1v) is 10.5. The third-order valence-electron chi connectivity index (χ3n) is 5.43. The number of likely N-dealkylation sites (tertiary alicyclic amines) is 1. The normalized spacial score (nSPS) is 26.1. The average molecular weight is 350 g/mol. The lowest BCUT2D eigenvalue weighted by molar-refractivity contribution is -0.137. The predicted octanol–water partition coefficient (Wildman–Crippen LogP) is 2.16. The summed E-state index contributed by atoms with van der Waals surface area (Å²) in [5.41, 5.74) is 2.00. The minimum atomic E-state index is -3.17. The van der Waals surface area contributed by atoms with Gasteiger partial charge in [-0.3, -0.25) is 4.79 Å². The first kappa shape index (κ1) is 17.4. The molecule has 0 saturated carbocycles. The number of hydrogen-bond donors (Lipinski definition) is 0. The van der Waals surface area contributed by atoms with E-state index < -0.39 is 10.0 Å². The van der Waals surface area contributed by atoms with Gasteiger partial charge in [0.25, 0.3) is 0 Å². The van der Waals surface area contributed by atoms with Crippen LogP contribution in [-0.4, -0.2) is 49.4 Å². The van der Waals surface area contributed by atoms with Gasteiger partial charge in [0.2, 0.25) is 15.9 Å². The summed E-state index contributed by atoms with van der Waals surface area (Å²) in [6.07, 6.45) is 4.29. The number of sulfonamides is 1. The fraction of sp³-hybridized carbons (Fsp3) is 0.611. The largest absolute Gasteiger partial charge is 0.338 e. The number of aryl methyl sites for hydroxylation is 1. The average Bonchev–Trinajstić information content (AvgIpc) is 2.70. The summed E-state index contributed by atoms with van der Waals surface area (Å²) in [4.78, 5) is 15.0. The van der Waals surface area contributed by atoms with Crippen LogP contribution in [0.3, 0.4) is 0 Å². The molecule has 2 aliphatic rings. The van der Waals surface area contributed by atoms with Gasteiger partial charge in [0.05, 0.1) is 11.7 Å². The molecular weight excluding hydrogens is 324 g/mol. The van der Waals surface area contributed by atoms with Crippen molar-refractivity contribution in [2.45, 2.75) is 39.2 Å². The van der Waals surface area contributed by atoms with Crippen molar-refractivity contribution in [2.24, 2.45) is 5.41 Å². The van der Waals surface area contributed by atoms with E-state index in [-0.39, 0.29) is 11.3 Å². The van der Waals surface area contributed by atoms with E-state index >= 15 is 0 Å². The number of carbonyl (C=O) groups excluding carboxylic acids is 1. The van der Waals surface area contributed by atoms with Crippen LogP contribution < -0.4 is 0 Å². The second-order valence-corrected chi connectivity index (χ2v) is 9.24. The van der Waals surface area contributed by atoms with Crippen LogP contribution in [0.2, 0.25) is 0 Å². The van der Waals surface area contributed by atoms with E-state index in [1.807, 2.05) is 11.0 Å². The Morgan fingerprint density at radius 3 is 2.58 bits per heavy atom. The number of nitrogens with zero attached hydrogens (tertiary/aromatic N) is 2. The monoisotopic (exact) mass is 350 g/mol. The summed E-state index contributed by atoms with van der Waals surface area (Å²) in [6, 6.07) is 8.26. The zero-order valence-electron chi connectivity index (χ0n) is 14.5. The van der Waals surface area contributed by atoms with Gasteiger partial charge in [-0.1, -0.05) is 29.8 Å². The van der Waals surface area contributed by atoms with Crippen LogP contribution >= 0.6 is 0 Å². The Labute approximate surface area is 144 Å². The molecule has 2 saturated heterocycles. The van der Waals surface area contributed by atoms with Gasteiger partial charge in [0, 0.05) is 26.2 Å². The molecule has 0 aliphatic carbocycles. The molecule has 0 N–H and O–H groups in total. The van der Waals surface area contributed by atoms with Gasteiger partial charge in [-0.05, 0) is 38.2 Å². The van der Waals surface area contributed by atoms with Crippen LogP contribution in [0.4, 0.5) is 0 Å². The summed E-state index contributed by atoms with van der Waals surface area (Å²) in [5.74, 6) is 0.208. The van der Waals surface area contributed by atoms with Crippen molar-refractivity contribution < 1.29 is 13.2 Å². The van der Waals surface area contributed by atoms with Crippen LogP contribution in [0.15, 0.2) is 24.3 Å². The fourth-order valence-corrected chi connectivity index (χ4v) is 4.92. The second-order valence-electron chi connectivity index (χ2n) is 7.26. The third kappa shape index (κ3) is 3.49. The van der Waals surface area contributed by atoms with Gasteiger partial charge in [-0.25, -0.2) is 12.7 Å². The third-order valence-corrected chi connectivity index (χ3v) is 6.73. The summed E-state index contributed by atoms with van der Waals surface area (Å²) < 4.78 is 25.1. The minimum Gasteiger partial charge on any atom is -0.338 e. The molecule has 1 amide bonds. The second kappa shape index (κ2) is 6.48. The van der Waals surface area contributed by atoms with Crippen molar-refractivity contribution in [3.63, 3.8) is 0 Å². The van der Waals surface area contributed by atoms with E-state index in [0.717, 1.165) is 31.4 Å². The first-order valence-electron chi connectivity index (χ1n) is 8.60. The molecule has 1 aromatic rings. The highest BCUT2D eigenvalue weighted by Gasteiger charge is 2.47. The molecule has 6 heteroatoms. The zero-order valence-corrected chi connectivity index (χ0v) is 15.3. The van der Waals surface area contributed by atoms with E-state index in [9.17, 15) is 13.2 Å². The molecule has 2 aliphatic heterocycles. The lowest BCUT2D eigenvalue weighted by Gasteiger charge is -2.26. The Kier molecular flexibility index (Phi) is 4.71. The molecule has 1 atom stereocenters. The molecule has 0 bridgehead atoms. The molecule has 1 spiro atoms. The summed E-state index contributed by atoms with van der Waals surface area (Å²) in [5, 5.41) is 0. The van der Waals surface area contributed by atoms with E-state index in [2.05, 4.69) is 25.1 Å². The van der Waals surface area contributed by atoms with Crippen LogP contribution in [0, 0.1) is 12.3 Å². The van der Waals surface area contributed by atoms with Gasteiger partial charge in [0.1, 0.15) is 0 Å². The number of rotatable bonds is 3. The Morgan fingerprint density at radius 2 is 1.88 bits per heavy atom. The highest BCUT2D eigenvalue weighted by atomic mass is 32.2. The van der Waals surface area contributed by atoms with Crippen molar-refractivity contribution in [3.05, 3.63) is 35.4 Å². The van der Waals surface area contributed by atoms with Crippen molar-refractivity contribution in [1.29, 1.82) is 0 Å². The summed E-state index contributed by atoms with van der Waals surface area (Å²) in [6.45, 7) is 4.47. The fourth-order valence-electron chi connectivity index (χ4n) is 4.04. The Morgan fingerprint density at radius 1 is 1.12 bits per heavy atom. The van der Waals surface area contributed by atoms with Crippen molar-refractivity contribution in [3.8, 4) is 0 Å². The van der Waals surface area contributed by atoms with Crippen LogP contribution in [0.1, 0.15) is 36.8 Å². The first-order chi connectivity index (χ1) is 11.3. The van der Waals surface area contributed by atoms with E-state index in [4.69, 9.17) is 0 Å². The number of carbonyl (C=O) groups is 1. The molecule has 0 radical (unpaired) electrons. The topological polar surface area (TPSA) is 57.7 Å². The van der Waals surface area contributed by atoms with Crippen molar-refractivity contribution in [1.82, 2.24) is 9.21 Å². The Balaban J connectivity index is 1.71. The maximum Gasteiger partial charge on any atom is 0.229 e. The molecule has 1 aromatic carbocycles. The van der Waals surface area contributed by atoms with Gasteiger partial charge in [-0.2, -0.15) is 0 Å². The maximum atomic E-state index is 13.0. The SMILES string of the molecule is Cc1cccc(CN2CC[C@@]3(CCCN(S(C)(=O)=O)CC3)C2=O)c1. The molecule has 5 nitrogen and oxygen atoms in total. The maximum absolute atomic E-state index is 13.0. The van der Waals surface area contributed by atoms with Crippen molar-refractivity contribution >= 4 is 15.9 Å². The smallest absolute Gasteiger partial charge is 0.229 e. The lowest BCUT2D eigenvalue weighted by Crippen LogP contribution is -2.36. The lowest BCUT2D eigenvalue weighted by atomic mass is 9.79. The highest BCUT2D eigenvalue weighted by molar-refractivity contribution is 7.88. The Bertz CT molecular complexity index is 732. The van der Waals surface area contributed by atoms with Gasteiger partial charge in [0.15, 0.2) is 0 Å². The number of hydrogen-bond acceptors (Lipinski definition) is 3. The summed E-state index contributed by atoms with van der Waals surface area (Å²) >= 11 is 0. The molecule has 0 aromatic heterocycles. The van der Waals surface area contributed by atoms with Crippen LogP contribution in [0.5, 0.6) is 0 Å². The van der Waals surface area contributed by atoms with Crippen molar-refractivity contribution in [2.75, 3.05) is 25.9 Å². The number of benzene rings is 1. The Hall–Kier alpha value is -1.40. The van der Waals surface area contributed by atoms with Gasteiger partial charge >= 0.3 is 0 Å². The quantitative estimate of drug-likeness (QED) is 0.839. The van der Waals surface area contributed by atoms with E-state index in [0.29, 0.717) is 26.1 Å². The zero-order chi connectivity index (χ0) is 17.4.